The Bertz CT molecular complexity index is 147. The van der Waals surface area contributed by atoms with E-state index in [4.69, 9.17) is 0 Å². The first-order chi connectivity index (χ1) is 5.07. The summed E-state index contributed by atoms with van der Waals surface area (Å²) in [6.45, 7) is 12.6. The lowest BCUT2D eigenvalue weighted by Crippen LogP contribution is -1.97. The Labute approximate surface area is 71.0 Å². The highest BCUT2D eigenvalue weighted by atomic mass is 14.1. The number of allylic oxidation sites excluding steroid dienone is 3. The van der Waals surface area contributed by atoms with Crippen molar-refractivity contribution in [3.63, 3.8) is 0 Å². The van der Waals surface area contributed by atoms with Gasteiger partial charge in [-0.3, -0.25) is 0 Å². The first-order valence-corrected chi connectivity index (χ1v) is 4.36. The van der Waals surface area contributed by atoms with Crippen molar-refractivity contribution in [2.24, 2.45) is 5.92 Å². The van der Waals surface area contributed by atoms with Crippen LogP contribution < -0.4 is 0 Å². The highest BCUT2D eigenvalue weighted by molar-refractivity contribution is 5.02. The van der Waals surface area contributed by atoms with E-state index < -0.39 is 0 Å². The van der Waals surface area contributed by atoms with E-state index in [1.165, 1.54) is 17.6 Å². The molecule has 0 bridgehead atoms. The Kier molecular flexibility index (Phi) is 4.93. The first kappa shape index (κ1) is 10.5. The van der Waals surface area contributed by atoms with Crippen LogP contribution in [0, 0.1) is 5.92 Å². The van der Waals surface area contributed by atoms with Gasteiger partial charge in [-0.1, -0.05) is 30.7 Å². The summed E-state index contributed by atoms with van der Waals surface area (Å²) < 4.78 is 0. The fourth-order valence-electron chi connectivity index (χ4n) is 1.09. The fraction of sp³-hybridized carbons (Fsp3) is 0.636. The van der Waals surface area contributed by atoms with Crippen molar-refractivity contribution in [3.8, 4) is 0 Å². The average Bonchev–Trinajstić information content (AvgIpc) is 1.87. The van der Waals surface area contributed by atoms with E-state index in [0.717, 1.165) is 6.42 Å². The van der Waals surface area contributed by atoms with E-state index in [0.29, 0.717) is 5.92 Å². The molecular formula is C11H20. The van der Waals surface area contributed by atoms with E-state index in [1.54, 1.807) is 0 Å². The lowest BCUT2D eigenvalue weighted by atomic mass is 9.94. The highest BCUT2D eigenvalue weighted by Crippen LogP contribution is 2.17. The van der Waals surface area contributed by atoms with Gasteiger partial charge < -0.3 is 0 Å². The molecule has 0 heterocycles. The molecule has 0 amide bonds. The second-order valence-corrected chi connectivity index (χ2v) is 3.47. The van der Waals surface area contributed by atoms with Crippen LogP contribution in [0.1, 0.15) is 40.5 Å². The SMILES string of the molecule is C=C(C)[C@H](CC)CC=C(C)C. The maximum atomic E-state index is 3.97. The third kappa shape index (κ3) is 4.83. The molecule has 0 unspecified atom stereocenters. The Hall–Kier alpha value is -0.520. The van der Waals surface area contributed by atoms with Crippen LogP contribution in [-0.4, -0.2) is 0 Å². The third-order valence-electron chi connectivity index (χ3n) is 2.00. The molecule has 0 aromatic heterocycles. The molecule has 0 fully saturated rings. The summed E-state index contributed by atoms with van der Waals surface area (Å²) in [5, 5.41) is 0. The van der Waals surface area contributed by atoms with Crippen LogP contribution in [-0.2, 0) is 0 Å². The Morgan fingerprint density at radius 3 is 2.18 bits per heavy atom. The van der Waals surface area contributed by atoms with Gasteiger partial charge in [-0.15, -0.1) is 0 Å². The van der Waals surface area contributed by atoms with Crippen molar-refractivity contribution in [1.29, 1.82) is 0 Å². The standard InChI is InChI=1S/C11H20/c1-6-11(10(4)5)8-7-9(2)3/h7,11H,4,6,8H2,1-3,5H3/t11-/m1/s1. The van der Waals surface area contributed by atoms with Gasteiger partial charge in [-0.25, -0.2) is 0 Å². The number of hydrogen-bond donors (Lipinski definition) is 0. The summed E-state index contributed by atoms with van der Waals surface area (Å²) in [5.74, 6) is 0.685. The second-order valence-electron chi connectivity index (χ2n) is 3.47. The molecular weight excluding hydrogens is 132 g/mol. The van der Waals surface area contributed by atoms with Crippen LogP contribution in [0.3, 0.4) is 0 Å². The van der Waals surface area contributed by atoms with Gasteiger partial charge in [-0.05, 0) is 39.5 Å². The van der Waals surface area contributed by atoms with Crippen molar-refractivity contribution in [2.45, 2.75) is 40.5 Å². The summed E-state index contributed by atoms with van der Waals surface area (Å²) >= 11 is 0. The molecule has 0 aromatic carbocycles. The lowest BCUT2D eigenvalue weighted by Gasteiger charge is -2.11. The van der Waals surface area contributed by atoms with Gasteiger partial charge >= 0.3 is 0 Å². The van der Waals surface area contributed by atoms with Crippen molar-refractivity contribution < 1.29 is 0 Å². The first-order valence-electron chi connectivity index (χ1n) is 4.36. The molecule has 0 aliphatic carbocycles. The topological polar surface area (TPSA) is 0 Å². The van der Waals surface area contributed by atoms with Gasteiger partial charge in [0, 0.05) is 0 Å². The molecule has 0 saturated heterocycles. The van der Waals surface area contributed by atoms with E-state index >= 15 is 0 Å². The second kappa shape index (κ2) is 5.17. The average molecular weight is 152 g/mol. The van der Waals surface area contributed by atoms with Crippen molar-refractivity contribution in [1.82, 2.24) is 0 Å². The predicted octanol–water partition coefficient (Wildman–Crippen LogP) is 3.95. The summed E-state index contributed by atoms with van der Waals surface area (Å²) in [6.07, 6.45) is 4.66. The molecule has 11 heavy (non-hydrogen) atoms. The highest BCUT2D eigenvalue weighted by Gasteiger charge is 2.03. The van der Waals surface area contributed by atoms with Crippen LogP contribution >= 0.6 is 0 Å². The van der Waals surface area contributed by atoms with Crippen molar-refractivity contribution in [3.05, 3.63) is 23.8 Å². The molecule has 0 saturated carbocycles. The molecule has 0 nitrogen and oxygen atoms in total. The van der Waals surface area contributed by atoms with Gasteiger partial charge in [0.05, 0.1) is 0 Å². The molecule has 0 aliphatic heterocycles. The Morgan fingerprint density at radius 2 is 1.91 bits per heavy atom. The van der Waals surface area contributed by atoms with Gasteiger partial charge in [0.25, 0.3) is 0 Å². The summed E-state index contributed by atoms with van der Waals surface area (Å²) in [5.41, 5.74) is 2.72. The minimum atomic E-state index is 0.685. The smallest absolute Gasteiger partial charge is 0.0177 e. The molecule has 0 radical (unpaired) electrons. The van der Waals surface area contributed by atoms with E-state index in [9.17, 15) is 0 Å². The molecule has 0 N–H and O–H groups in total. The third-order valence-corrected chi connectivity index (χ3v) is 2.00. The molecule has 0 aliphatic rings. The van der Waals surface area contributed by atoms with E-state index in [2.05, 4.69) is 40.3 Å². The monoisotopic (exact) mass is 152 g/mol. The molecule has 0 spiro atoms. The molecule has 0 aromatic rings. The summed E-state index contributed by atoms with van der Waals surface area (Å²) in [7, 11) is 0. The van der Waals surface area contributed by atoms with Crippen LogP contribution in [0.15, 0.2) is 23.8 Å². The van der Waals surface area contributed by atoms with Crippen LogP contribution in [0.25, 0.3) is 0 Å². The summed E-state index contributed by atoms with van der Waals surface area (Å²) in [6, 6.07) is 0. The van der Waals surface area contributed by atoms with Crippen molar-refractivity contribution in [2.75, 3.05) is 0 Å². The Balaban J connectivity index is 3.89. The fourth-order valence-corrected chi connectivity index (χ4v) is 1.09. The zero-order valence-corrected chi connectivity index (χ0v) is 8.28. The lowest BCUT2D eigenvalue weighted by molar-refractivity contribution is 0.601. The minimum absolute atomic E-state index is 0.685. The maximum Gasteiger partial charge on any atom is -0.0177 e. The van der Waals surface area contributed by atoms with Crippen LogP contribution in [0.4, 0.5) is 0 Å². The normalized spacial score (nSPS) is 12.4. The predicted molar refractivity (Wildman–Crippen MR) is 52.6 cm³/mol. The molecule has 1 atom stereocenters. The quantitative estimate of drug-likeness (QED) is 0.535. The Morgan fingerprint density at radius 1 is 1.36 bits per heavy atom. The van der Waals surface area contributed by atoms with Crippen molar-refractivity contribution >= 4 is 0 Å². The van der Waals surface area contributed by atoms with Gasteiger partial charge in [0.2, 0.25) is 0 Å². The van der Waals surface area contributed by atoms with Gasteiger partial charge in [-0.2, -0.15) is 0 Å². The number of rotatable bonds is 4. The number of hydrogen-bond acceptors (Lipinski definition) is 0. The maximum absolute atomic E-state index is 3.97. The van der Waals surface area contributed by atoms with Crippen LogP contribution in [0.2, 0.25) is 0 Å². The zero-order chi connectivity index (χ0) is 8.85. The largest absolute Gasteiger partial charge is 0.0998 e. The zero-order valence-electron chi connectivity index (χ0n) is 8.28. The van der Waals surface area contributed by atoms with Gasteiger partial charge in [0.15, 0.2) is 0 Å². The summed E-state index contributed by atoms with van der Waals surface area (Å²) in [4.78, 5) is 0. The van der Waals surface area contributed by atoms with E-state index in [-0.39, 0.29) is 0 Å². The minimum Gasteiger partial charge on any atom is -0.0998 e. The van der Waals surface area contributed by atoms with E-state index in [1.807, 2.05) is 0 Å². The molecule has 0 heteroatoms. The molecule has 64 valence electrons. The van der Waals surface area contributed by atoms with Gasteiger partial charge in [0.1, 0.15) is 0 Å². The molecule has 0 rings (SSSR count). The van der Waals surface area contributed by atoms with Crippen LogP contribution in [0.5, 0.6) is 0 Å².